The molecule has 0 aliphatic heterocycles. The van der Waals surface area contributed by atoms with Crippen molar-refractivity contribution in [1.29, 1.82) is 0 Å². The third-order valence-corrected chi connectivity index (χ3v) is 2.86. The number of hydrogen-bond acceptors (Lipinski definition) is 4. The SMILES string of the molecule is COc1ccccc1CN(CCO)CC(=O)N(C)C. The molecule has 0 aliphatic carbocycles. The van der Waals surface area contributed by atoms with E-state index in [2.05, 4.69) is 0 Å². The summed E-state index contributed by atoms with van der Waals surface area (Å²) in [6, 6.07) is 7.69. The van der Waals surface area contributed by atoms with Gasteiger partial charge >= 0.3 is 0 Å². The highest BCUT2D eigenvalue weighted by Gasteiger charge is 2.14. The molecule has 106 valence electrons. The summed E-state index contributed by atoms with van der Waals surface area (Å²) >= 11 is 0. The zero-order valence-corrected chi connectivity index (χ0v) is 11.8. The lowest BCUT2D eigenvalue weighted by atomic mass is 10.2. The lowest BCUT2D eigenvalue weighted by Gasteiger charge is -2.23. The van der Waals surface area contributed by atoms with Gasteiger partial charge in [0.05, 0.1) is 20.3 Å². The van der Waals surface area contributed by atoms with E-state index < -0.39 is 0 Å². The summed E-state index contributed by atoms with van der Waals surface area (Å²) in [6.45, 7) is 1.34. The molecule has 0 radical (unpaired) electrons. The molecule has 0 aromatic heterocycles. The first-order valence-corrected chi connectivity index (χ1v) is 6.23. The van der Waals surface area contributed by atoms with Crippen molar-refractivity contribution < 1.29 is 14.6 Å². The Morgan fingerprint density at radius 2 is 2.00 bits per heavy atom. The van der Waals surface area contributed by atoms with Crippen LogP contribution in [-0.2, 0) is 11.3 Å². The number of hydrogen-bond donors (Lipinski definition) is 1. The lowest BCUT2D eigenvalue weighted by Crippen LogP contribution is -2.37. The summed E-state index contributed by atoms with van der Waals surface area (Å²) in [4.78, 5) is 15.2. The van der Waals surface area contributed by atoms with Gasteiger partial charge < -0.3 is 14.7 Å². The Bertz CT molecular complexity index is 407. The molecule has 0 aliphatic rings. The highest BCUT2D eigenvalue weighted by molar-refractivity contribution is 5.77. The van der Waals surface area contributed by atoms with Crippen molar-refractivity contribution in [3.63, 3.8) is 0 Å². The quantitative estimate of drug-likeness (QED) is 0.784. The van der Waals surface area contributed by atoms with Crippen LogP contribution in [0.4, 0.5) is 0 Å². The Kier molecular flexibility index (Phi) is 6.32. The molecule has 5 heteroatoms. The molecule has 0 spiro atoms. The Morgan fingerprint density at radius 1 is 1.32 bits per heavy atom. The van der Waals surface area contributed by atoms with Crippen molar-refractivity contribution in [1.82, 2.24) is 9.80 Å². The van der Waals surface area contributed by atoms with E-state index in [4.69, 9.17) is 9.84 Å². The number of carbonyl (C=O) groups excluding carboxylic acids is 1. The zero-order chi connectivity index (χ0) is 14.3. The first kappa shape index (κ1) is 15.5. The van der Waals surface area contributed by atoms with Crippen molar-refractivity contribution in [2.45, 2.75) is 6.54 Å². The molecule has 0 fully saturated rings. The first-order chi connectivity index (χ1) is 9.08. The second-order valence-electron chi connectivity index (χ2n) is 4.53. The number of ether oxygens (including phenoxy) is 1. The third-order valence-electron chi connectivity index (χ3n) is 2.86. The van der Waals surface area contributed by atoms with Gasteiger partial charge in [-0.2, -0.15) is 0 Å². The van der Waals surface area contributed by atoms with E-state index in [1.165, 1.54) is 0 Å². The molecule has 0 atom stereocenters. The van der Waals surface area contributed by atoms with Crippen LogP contribution < -0.4 is 4.74 Å². The number of aliphatic hydroxyl groups excluding tert-OH is 1. The molecule has 1 rings (SSSR count). The number of carbonyl (C=O) groups is 1. The number of nitrogens with zero attached hydrogens (tertiary/aromatic N) is 2. The Morgan fingerprint density at radius 3 is 2.58 bits per heavy atom. The Hall–Kier alpha value is -1.59. The normalized spacial score (nSPS) is 10.6. The molecule has 1 aromatic carbocycles. The fraction of sp³-hybridized carbons (Fsp3) is 0.500. The van der Waals surface area contributed by atoms with Gasteiger partial charge in [0.15, 0.2) is 0 Å². The number of amides is 1. The topological polar surface area (TPSA) is 53.0 Å². The van der Waals surface area contributed by atoms with Crippen molar-refractivity contribution in [2.24, 2.45) is 0 Å². The van der Waals surface area contributed by atoms with Gasteiger partial charge in [0.25, 0.3) is 0 Å². The molecule has 5 nitrogen and oxygen atoms in total. The summed E-state index contributed by atoms with van der Waals surface area (Å²) < 4.78 is 5.29. The number of benzene rings is 1. The van der Waals surface area contributed by atoms with Gasteiger partial charge in [0, 0.05) is 32.7 Å². The number of rotatable bonds is 7. The van der Waals surface area contributed by atoms with Gasteiger partial charge in [0.2, 0.25) is 5.91 Å². The van der Waals surface area contributed by atoms with Gasteiger partial charge in [-0.15, -0.1) is 0 Å². The molecule has 1 N–H and O–H groups in total. The minimum absolute atomic E-state index is 0.0170. The standard InChI is InChI=1S/C14H22N2O3/c1-15(2)14(18)11-16(8-9-17)10-12-6-4-5-7-13(12)19-3/h4-7,17H,8-11H2,1-3H3. The smallest absolute Gasteiger partial charge is 0.236 e. The van der Waals surface area contributed by atoms with Gasteiger partial charge in [0.1, 0.15) is 5.75 Å². The molecule has 0 heterocycles. The molecular formula is C14H22N2O3. The van der Waals surface area contributed by atoms with Crippen LogP contribution in [0.15, 0.2) is 24.3 Å². The van der Waals surface area contributed by atoms with Crippen LogP contribution in [0.2, 0.25) is 0 Å². The van der Waals surface area contributed by atoms with Crippen LogP contribution in [0.3, 0.4) is 0 Å². The monoisotopic (exact) mass is 266 g/mol. The largest absolute Gasteiger partial charge is 0.496 e. The number of likely N-dealkylation sites (N-methyl/N-ethyl adjacent to an activating group) is 1. The van der Waals surface area contributed by atoms with Crippen LogP contribution in [-0.4, -0.2) is 61.7 Å². The highest BCUT2D eigenvalue weighted by Crippen LogP contribution is 2.19. The fourth-order valence-corrected chi connectivity index (χ4v) is 1.76. The second kappa shape index (κ2) is 7.76. The van der Waals surface area contributed by atoms with Crippen molar-refractivity contribution in [2.75, 3.05) is 40.9 Å². The molecule has 1 amide bonds. The predicted octanol–water partition coefficient (Wildman–Crippen LogP) is 0.578. The minimum atomic E-state index is 0.0170. The molecule has 0 bridgehead atoms. The van der Waals surface area contributed by atoms with E-state index in [-0.39, 0.29) is 19.1 Å². The van der Waals surface area contributed by atoms with E-state index in [0.29, 0.717) is 13.1 Å². The highest BCUT2D eigenvalue weighted by atomic mass is 16.5. The third kappa shape index (κ3) is 4.89. The van der Waals surface area contributed by atoms with Crippen LogP contribution in [0, 0.1) is 0 Å². The summed E-state index contributed by atoms with van der Waals surface area (Å²) in [5, 5.41) is 9.09. The maximum Gasteiger partial charge on any atom is 0.236 e. The average molecular weight is 266 g/mol. The van der Waals surface area contributed by atoms with Crippen LogP contribution in [0.1, 0.15) is 5.56 Å². The maximum absolute atomic E-state index is 11.7. The predicted molar refractivity (Wildman–Crippen MR) is 74.1 cm³/mol. The summed E-state index contributed by atoms with van der Waals surface area (Å²) in [5.41, 5.74) is 1.00. The molecule has 1 aromatic rings. The molecule has 0 unspecified atom stereocenters. The summed E-state index contributed by atoms with van der Waals surface area (Å²) in [5.74, 6) is 0.811. The van der Waals surface area contributed by atoms with Crippen molar-refractivity contribution >= 4 is 5.91 Å². The number of aliphatic hydroxyl groups is 1. The van der Waals surface area contributed by atoms with Gasteiger partial charge in [-0.1, -0.05) is 18.2 Å². The lowest BCUT2D eigenvalue weighted by molar-refractivity contribution is -0.130. The Balaban J connectivity index is 2.74. The number of methoxy groups -OCH3 is 1. The van der Waals surface area contributed by atoms with E-state index >= 15 is 0 Å². The van der Waals surface area contributed by atoms with Crippen LogP contribution in [0.25, 0.3) is 0 Å². The molecule has 19 heavy (non-hydrogen) atoms. The maximum atomic E-state index is 11.7. The minimum Gasteiger partial charge on any atom is -0.496 e. The van der Waals surface area contributed by atoms with Gasteiger partial charge in [-0.3, -0.25) is 9.69 Å². The van der Waals surface area contributed by atoms with Gasteiger partial charge in [-0.25, -0.2) is 0 Å². The molecular weight excluding hydrogens is 244 g/mol. The van der Waals surface area contributed by atoms with Crippen molar-refractivity contribution in [3.05, 3.63) is 29.8 Å². The molecule has 0 saturated carbocycles. The Labute approximate surface area is 114 Å². The second-order valence-corrected chi connectivity index (χ2v) is 4.53. The van der Waals surface area contributed by atoms with E-state index in [9.17, 15) is 4.79 Å². The van der Waals surface area contributed by atoms with Gasteiger partial charge in [-0.05, 0) is 6.07 Å². The first-order valence-electron chi connectivity index (χ1n) is 6.23. The molecule has 0 saturated heterocycles. The zero-order valence-electron chi connectivity index (χ0n) is 11.8. The summed E-state index contributed by atoms with van der Waals surface area (Å²) in [7, 11) is 5.07. The van der Waals surface area contributed by atoms with Crippen LogP contribution >= 0.6 is 0 Å². The summed E-state index contributed by atoms with van der Waals surface area (Å²) in [6.07, 6.45) is 0. The van der Waals surface area contributed by atoms with E-state index in [0.717, 1.165) is 11.3 Å². The number of para-hydroxylation sites is 1. The fourth-order valence-electron chi connectivity index (χ4n) is 1.76. The van der Waals surface area contributed by atoms with Crippen LogP contribution in [0.5, 0.6) is 5.75 Å². The average Bonchev–Trinajstić information content (AvgIpc) is 2.39. The van der Waals surface area contributed by atoms with E-state index in [1.54, 1.807) is 26.1 Å². The van der Waals surface area contributed by atoms with Crippen molar-refractivity contribution in [3.8, 4) is 5.75 Å². The van der Waals surface area contributed by atoms with E-state index in [1.807, 2.05) is 29.2 Å².